The molecule has 0 aliphatic rings. The number of carbonyl (C=O) groups is 2. The average molecular weight is 274 g/mol. The van der Waals surface area contributed by atoms with Gasteiger partial charge < -0.3 is 16.2 Å². The molecule has 2 unspecified atom stereocenters. The quantitative estimate of drug-likeness (QED) is 0.633. The number of carboxylic acids is 1. The Kier molecular flexibility index (Phi) is 6.27. The molecule has 0 aliphatic carbocycles. The van der Waals surface area contributed by atoms with Crippen molar-refractivity contribution in [1.29, 1.82) is 0 Å². The van der Waals surface area contributed by atoms with Crippen LogP contribution in [0.2, 0.25) is 0 Å². The van der Waals surface area contributed by atoms with E-state index in [-0.39, 0.29) is 6.42 Å². The van der Waals surface area contributed by atoms with Gasteiger partial charge in [0.05, 0.1) is 6.04 Å². The molecule has 1 aromatic carbocycles. The van der Waals surface area contributed by atoms with Gasteiger partial charge in [0, 0.05) is 6.42 Å². The van der Waals surface area contributed by atoms with Crippen molar-refractivity contribution in [3.63, 3.8) is 0 Å². The molecule has 20 heavy (non-hydrogen) atoms. The first-order valence-electron chi connectivity index (χ1n) is 6.30. The van der Waals surface area contributed by atoms with Crippen LogP contribution in [-0.2, 0) is 16.0 Å². The molecule has 0 heterocycles. The Bertz CT molecular complexity index is 494. The summed E-state index contributed by atoms with van der Waals surface area (Å²) < 4.78 is 0. The third kappa shape index (κ3) is 5.12. The lowest BCUT2D eigenvalue weighted by Crippen LogP contribution is -2.48. The maximum atomic E-state index is 11.7. The highest BCUT2D eigenvalue weighted by atomic mass is 16.4. The van der Waals surface area contributed by atoms with Crippen LogP contribution in [0.25, 0.3) is 0 Å². The summed E-state index contributed by atoms with van der Waals surface area (Å²) >= 11 is 0. The van der Waals surface area contributed by atoms with Gasteiger partial charge in [0.2, 0.25) is 5.91 Å². The third-order valence-electron chi connectivity index (χ3n) is 2.85. The number of terminal acetylenes is 1. The van der Waals surface area contributed by atoms with Crippen LogP contribution in [0, 0.1) is 12.3 Å². The van der Waals surface area contributed by atoms with Gasteiger partial charge in [-0.2, -0.15) is 0 Å². The van der Waals surface area contributed by atoms with Crippen LogP contribution < -0.4 is 11.1 Å². The van der Waals surface area contributed by atoms with Crippen molar-refractivity contribution in [2.75, 3.05) is 0 Å². The molecule has 5 heteroatoms. The number of carbonyl (C=O) groups excluding carboxylic acids is 1. The molecule has 0 aromatic heterocycles. The highest BCUT2D eigenvalue weighted by molar-refractivity contribution is 5.86. The van der Waals surface area contributed by atoms with E-state index in [1.807, 2.05) is 30.3 Å². The number of benzene rings is 1. The monoisotopic (exact) mass is 274 g/mol. The number of aryl methyl sites for hydroxylation is 1. The van der Waals surface area contributed by atoms with E-state index in [1.54, 1.807) is 0 Å². The van der Waals surface area contributed by atoms with Gasteiger partial charge in [-0.3, -0.25) is 4.79 Å². The maximum Gasteiger partial charge on any atom is 0.326 e. The zero-order valence-corrected chi connectivity index (χ0v) is 11.1. The molecule has 5 nitrogen and oxygen atoms in total. The molecular formula is C15H18N2O3. The standard InChI is InChI=1S/C15H18N2O3/c1-2-6-12(16)14(18)17-13(15(19)20)10-9-11-7-4-3-5-8-11/h1,3-5,7-8,12-13H,6,9-10,16H2,(H,17,18)(H,19,20). The minimum absolute atomic E-state index is 0.0802. The second-order valence-electron chi connectivity index (χ2n) is 4.44. The van der Waals surface area contributed by atoms with E-state index in [4.69, 9.17) is 17.3 Å². The highest BCUT2D eigenvalue weighted by Crippen LogP contribution is 2.05. The van der Waals surface area contributed by atoms with Gasteiger partial charge in [-0.1, -0.05) is 30.3 Å². The van der Waals surface area contributed by atoms with E-state index in [2.05, 4.69) is 11.2 Å². The van der Waals surface area contributed by atoms with Crippen LogP contribution in [0.4, 0.5) is 0 Å². The van der Waals surface area contributed by atoms with Crippen molar-refractivity contribution >= 4 is 11.9 Å². The number of carboxylic acid groups (broad SMARTS) is 1. The summed E-state index contributed by atoms with van der Waals surface area (Å²) in [6.45, 7) is 0. The number of aliphatic carboxylic acids is 1. The normalized spacial score (nSPS) is 13.0. The summed E-state index contributed by atoms with van der Waals surface area (Å²) in [5.74, 6) is 0.656. The van der Waals surface area contributed by atoms with Crippen molar-refractivity contribution in [3.05, 3.63) is 35.9 Å². The van der Waals surface area contributed by atoms with Gasteiger partial charge in [0.1, 0.15) is 6.04 Å². The summed E-state index contributed by atoms with van der Waals surface area (Å²) in [6, 6.07) is 7.62. The molecule has 1 amide bonds. The Morgan fingerprint density at radius 2 is 2.00 bits per heavy atom. The number of nitrogens with one attached hydrogen (secondary N) is 1. The predicted molar refractivity (Wildman–Crippen MR) is 75.8 cm³/mol. The molecule has 0 spiro atoms. The molecule has 0 saturated carbocycles. The maximum absolute atomic E-state index is 11.7. The Balaban J connectivity index is 2.55. The SMILES string of the molecule is C#CCC(N)C(=O)NC(CCc1ccccc1)C(=O)O. The van der Waals surface area contributed by atoms with Crippen LogP contribution in [0.3, 0.4) is 0 Å². The van der Waals surface area contributed by atoms with Crippen molar-refractivity contribution in [3.8, 4) is 12.3 Å². The molecule has 2 atom stereocenters. The molecule has 0 saturated heterocycles. The first-order valence-corrected chi connectivity index (χ1v) is 6.30. The number of amides is 1. The second-order valence-corrected chi connectivity index (χ2v) is 4.44. The summed E-state index contributed by atoms with van der Waals surface area (Å²) in [6.07, 6.45) is 6.00. The Hall–Kier alpha value is -2.32. The lowest BCUT2D eigenvalue weighted by atomic mass is 10.0. The van der Waals surface area contributed by atoms with Crippen molar-refractivity contribution < 1.29 is 14.7 Å². The summed E-state index contributed by atoms with van der Waals surface area (Å²) in [5, 5.41) is 11.5. The smallest absolute Gasteiger partial charge is 0.326 e. The summed E-state index contributed by atoms with van der Waals surface area (Å²) in [5.41, 5.74) is 6.55. The number of nitrogens with two attached hydrogens (primary N) is 1. The summed E-state index contributed by atoms with van der Waals surface area (Å²) in [7, 11) is 0. The second kappa shape index (κ2) is 7.97. The zero-order chi connectivity index (χ0) is 15.0. The van der Waals surface area contributed by atoms with Gasteiger partial charge in [0.15, 0.2) is 0 Å². The van der Waals surface area contributed by atoms with Gasteiger partial charge in [-0.05, 0) is 18.4 Å². The van der Waals surface area contributed by atoms with E-state index in [1.165, 1.54) is 0 Å². The molecular weight excluding hydrogens is 256 g/mol. The Labute approximate surface area is 118 Å². The number of hydrogen-bond donors (Lipinski definition) is 3. The lowest BCUT2D eigenvalue weighted by Gasteiger charge is -2.16. The van der Waals surface area contributed by atoms with Gasteiger partial charge in [0.25, 0.3) is 0 Å². The molecule has 1 aromatic rings. The topological polar surface area (TPSA) is 92.4 Å². The van der Waals surface area contributed by atoms with Crippen LogP contribution in [-0.4, -0.2) is 29.1 Å². The van der Waals surface area contributed by atoms with Crippen LogP contribution >= 0.6 is 0 Å². The van der Waals surface area contributed by atoms with Crippen molar-refractivity contribution in [1.82, 2.24) is 5.32 Å². The van der Waals surface area contributed by atoms with E-state index >= 15 is 0 Å². The van der Waals surface area contributed by atoms with Crippen LogP contribution in [0.5, 0.6) is 0 Å². The van der Waals surface area contributed by atoms with Gasteiger partial charge >= 0.3 is 5.97 Å². The van der Waals surface area contributed by atoms with E-state index in [0.29, 0.717) is 12.8 Å². The van der Waals surface area contributed by atoms with Gasteiger partial charge in [-0.25, -0.2) is 4.79 Å². The van der Waals surface area contributed by atoms with E-state index in [0.717, 1.165) is 5.56 Å². The molecule has 0 aliphatic heterocycles. The number of rotatable bonds is 7. The third-order valence-corrected chi connectivity index (χ3v) is 2.85. The van der Waals surface area contributed by atoms with E-state index < -0.39 is 24.0 Å². The predicted octanol–water partition coefficient (Wildman–Crippen LogP) is 0.539. The average Bonchev–Trinajstić information content (AvgIpc) is 2.44. The van der Waals surface area contributed by atoms with Crippen molar-refractivity contribution in [2.45, 2.75) is 31.3 Å². The fourth-order valence-corrected chi connectivity index (χ4v) is 1.71. The lowest BCUT2D eigenvalue weighted by molar-refractivity contribution is -0.142. The first kappa shape index (κ1) is 15.7. The fourth-order valence-electron chi connectivity index (χ4n) is 1.71. The zero-order valence-electron chi connectivity index (χ0n) is 11.1. The molecule has 4 N–H and O–H groups in total. The molecule has 0 bridgehead atoms. The van der Waals surface area contributed by atoms with Crippen LogP contribution in [0.1, 0.15) is 18.4 Å². The minimum Gasteiger partial charge on any atom is -0.480 e. The van der Waals surface area contributed by atoms with Crippen LogP contribution in [0.15, 0.2) is 30.3 Å². The molecule has 1 rings (SSSR count). The number of hydrogen-bond acceptors (Lipinski definition) is 3. The summed E-state index contributed by atoms with van der Waals surface area (Å²) in [4.78, 5) is 22.8. The Morgan fingerprint density at radius 1 is 1.35 bits per heavy atom. The molecule has 0 fully saturated rings. The van der Waals surface area contributed by atoms with E-state index in [9.17, 15) is 9.59 Å². The first-order chi connectivity index (χ1) is 9.54. The Morgan fingerprint density at radius 3 is 2.55 bits per heavy atom. The minimum atomic E-state index is -1.08. The molecule has 106 valence electrons. The fraction of sp³-hybridized carbons (Fsp3) is 0.333. The van der Waals surface area contributed by atoms with Gasteiger partial charge in [-0.15, -0.1) is 12.3 Å². The molecule has 0 radical (unpaired) electrons. The largest absolute Gasteiger partial charge is 0.480 e. The van der Waals surface area contributed by atoms with Crippen molar-refractivity contribution in [2.24, 2.45) is 5.73 Å². The highest BCUT2D eigenvalue weighted by Gasteiger charge is 2.22.